The van der Waals surface area contributed by atoms with E-state index in [-0.39, 0.29) is 0 Å². The average molecular weight is 267 g/mol. The fourth-order valence-electron chi connectivity index (χ4n) is 2.76. The lowest BCUT2D eigenvalue weighted by Crippen LogP contribution is -2.08. The molecule has 3 rings (SSSR count). The average Bonchev–Trinajstić information content (AvgIpc) is 2.95. The van der Waals surface area contributed by atoms with Gasteiger partial charge >= 0.3 is 0 Å². The van der Waals surface area contributed by atoms with E-state index in [4.69, 9.17) is 4.74 Å². The van der Waals surface area contributed by atoms with Gasteiger partial charge in [-0.15, -0.1) is 0 Å². The Morgan fingerprint density at radius 3 is 2.90 bits per heavy atom. The number of para-hydroxylation sites is 1. The lowest BCUT2D eigenvalue weighted by atomic mass is 10.0. The summed E-state index contributed by atoms with van der Waals surface area (Å²) in [5.41, 5.74) is 5.25. The number of hydrogen-bond acceptors (Lipinski definition) is 2. The quantitative estimate of drug-likeness (QED) is 0.888. The molecule has 0 amide bonds. The molecule has 1 aliphatic rings. The van der Waals surface area contributed by atoms with Crippen LogP contribution in [-0.2, 0) is 12.8 Å². The summed E-state index contributed by atoms with van der Waals surface area (Å²) in [4.78, 5) is 0. The molecule has 1 atom stereocenters. The zero-order valence-electron chi connectivity index (χ0n) is 12.1. The second-order valence-corrected chi connectivity index (χ2v) is 5.34. The number of hydrogen-bond donors (Lipinski definition) is 1. The van der Waals surface area contributed by atoms with Crippen LogP contribution in [0.5, 0.6) is 5.75 Å². The minimum absolute atomic E-state index is 0.300. The van der Waals surface area contributed by atoms with Crippen molar-refractivity contribution in [2.24, 2.45) is 0 Å². The third kappa shape index (κ3) is 2.51. The highest BCUT2D eigenvalue weighted by atomic mass is 16.5. The molecule has 2 aromatic carbocycles. The third-order valence-corrected chi connectivity index (χ3v) is 3.98. The van der Waals surface area contributed by atoms with Crippen molar-refractivity contribution in [1.82, 2.24) is 0 Å². The van der Waals surface area contributed by atoms with E-state index < -0.39 is 0 Å². The summed E-state index contributed by atoms with van der Waals surface area (Å²) in [5.74, 6) is 1.05. The molecule has 104 valence electrons. The number of benzene rings is 2. The lowest BCUT2D eigenvalue weighted by molar-refractivity contribution is 0.357. The van der Waals surface area contributed by atoms with Crippen molar-refractivity contribution in [3.8, 4) is 5.75 Å². The van der Waals surface area contributed by atoms with Crippen LogP contribution in [0, 0.1) is 0 Å². The highest BCUT2D eigenvalue weighted by Gasteiger charge is 2.14. The second-order valence-electron chi connectivity index (χ2n) is 5.34. The molecule has 0 spiro atoms. The number of rotatable bonds is 4. The van der Waals surface area contributed by atoms with Crippen LogP contribution in [0.3, 0.4) is 0 Å². The van der Waals surface area contributed by atoms with Crippen molar-refractivity contribution in [1.29, 1.82) is 0 Å². The number of anilines is 1. The van der Waals surface area contributed by atoms with Gasteiger partial charge in [0.05, 0.1) is 6.61 Å². The van der Waals surface area contributed by atoms with Gasteiger partial charge in [-0.05, 0) is 48.2 Å². The van der Waals surface area contributed by atoms with Crippen molar-refractivity contribution < 1.29 is 4.74 Å². The van der Waals surface area contributed by atoms with Crippen molar-refractivity contribution in [3.63, 3.8) is 0 Å². The Morgan fingerprint density at radius 2 is 2.05 bits per heavy atom. The second kappa shape index (κ2) is 5.58. The molecule has 20 heavy (non-hydrogen) atoms. The van der Waals surface area contributed by atoms with Gasteiger partial charge in [-0.1, -0.05) is 31.2 Å². The number of nitrogens with one attached hydrogen (secondary N) is 1. The first-order chi connectivity index (χ1) is 9.78. The molecule has 0 aromatic heterocycles. The molecular weight excluding hydrogens is 246 g/mol. The Labute approximate surface area is 120 Å². The van der Waals surface area contributed by atoms with Crippen molar-refractivity contribution in [2.75, 3.05) is 11.9 Å². The molecule has 0 saturated heterocycles. The summed E-state index contributed by atoms with van der Waals surface area (Å²) in [6.45, 7) is 5.22. The summed E-state index contributed by atoms with van der Waals surface area (Å²) in [5, 5.41) is 3.63. The molecule has 2 aromatic rings. The van der Waals surface area contributed by atoms with Gasteiger partial charge in [0.2, 0.25) is 0 Å². The van der Waals surface area contributed by atoms with E-state index in [1.807, 2.05) is 0 Å². The molecule has 1 heterocycles. The van der Waals surface area contributed by atoms with Crippen LogP contribution in [0.1, 0.15) is 36.6 Å². The van der Waals surface area contributed by atoms with Gasteiger partial charge in [0, 0.05) is 18.2 Å². The normalized spacial score (nSPS) is 14.5. The molecule has 0 saturated carbocycles. The largest absolute Gasteiger partial charge is 0.493 e. The Kier molecular flexibility index (Phi) is 3.64. The topological polar surface area (TPSA) is 21.3 Å². The monoisotopic (exact) mass is 267 g/mol. The Balaban J connectivity index is 1.81. The maximum absolute atomic E-state index is 5.57. The summed E-state index contributed by atoms with van der Waals surface area (Å²) in [6, 6.07) is 15.4. The van der Waals surface area contributed by atoms with Crippen LogP contribution in [-0.4, -0.2) is 6.61 Å². The lowest BCUT2D eigenvalue weighted by Gasteiger charge is -2.18. The maximum atomic E-state index is 5.57. The highest BCUT2D eigenvalue weighted by Crippen LogP contribution is 2.30. The summed E-state index contributed by atoms with van der Waals surface area (Å²) in [7, 11) is 0. The fourth-order valence-corrected chi connectivity index (χ4v) is 2.76. The van der Waals surface area contributed by atoms with Crippen LogP contribution < -0.4 is 10.1 Å². The minimum Gasteiger partial charge on any atom is -0.493 e. The van der Waals surface area contributed by atoms with E-state index in [1.165, 1.54) is 22.4 Å². The van der Waals surface area contributed by atoms with E-state index in [9.17, 15) is 0 Å². The maximum Gasteiger partial charge on any atom is 0.122 e. The van der Waals surface area contributed by atoms with E-state index in [0.29, 0.717) is 6.04 Å². The minimum atomic E-state index is 0.300. The fraction of sp³-hybridized carbons (Fsp3) is 0.333. The van der Waals surface area contributed by atoms with Crippen molar-refractivity contribution >= 4 is 5.69 Å². The molecule has 1 unspecified atom stereocenters. The van der Waals surface area contributed by atoms with Gasteiger partial charge in [-0.25, -0.2) is 0 Å². The van der Waals surface area contributed by atoms with E-state index in [0.717, 1.165) is 25.2 Å². The van der Waals surface area contributed by atoms with Crippen LogP contribution in [0.2, 0.25) is 0 Å². The van der Waals surface area contributed by atoms with Gasteiger partial charge < -0.3 is 10.1 Å². The van der Waals surface area contributed by atoms with Crippen molar-refractivity contribution in [3.05, 3.63) is 59.2 Å². The van der Waals surface area contributed by atoms with Crippen LogP contribution in [0.25, 0.3) is 0 Å². The first kappa shape index (κ1) is 13.0. The van der Waals surface area contributed by atoms with E-state index in [2.05, 4.69) is 61.6 Å². The predicted octanol–water partition coefficient (Wildman–Crippen LogP) is 4.36. The summed E-state index contributed by atoms with van der Waals surface area (Å²) < 4.78 is 5.57. The Bertz CT molecular complexity index is 606. The van der Waals surface area contributed by atoms with Crippen LogP contribution >= 0.6 is 0 Å². The summed E-state index contributed by atoms with van der Waals surface area (Å²) in [6.07, 6.45) is 2.08. The molecule has 0 bridgehead atoms. The first-order valence-corrected chi connectivity index (χ1v) is 7.38. The van der Waals surface area contributed by atoms with Gasteiger partial charge in [0.15, 0.2) is 0 Å². The highest BCUT2D eigenvalue weighted by molar-refractivity contribution is 5.53. The van der Waals surface area contributed by atoms with Gasteiger partial charge in [-0.2, -0.15) is 0 Å². The van der Waals surface area contributed by atoms with E-state index in [1.54, 1.807) is 0 Å². The third-order valence-electron chi connectivity index (χ3n) is 3.98. The van der Waals surface area contributed by atoms with Gasteiger partial charge in [0.25, 0.3) is 0 Å². The van der Waals surface area contributed by atoms with Crippen LogP contribution in [0.4, 0.5) is 5.69 Å². The number of ether oxygens (including phenoxy) is 1. The molecule has 1 N–H and O–H groups in total. The predicted molar refractivity (Wildman–Crippen MR) is 83.5 cm³/mol. The zero-order valence-corrected chi connectivity index (χ0v) is 12.1. The molecule has 0 radical (unpaired) electrons. The molecular formula is C18H21NO. The van der Waals surface area contributed by atoms with Crippen molar-refractivity contribution in [2.45, 2.75) is 32.7 Å². The van der Waals surface area contributed by atoms with Crippen LogP contribution in [0.15, 0.2) is 42.5 Å². The zero-order chi connectivity index (χ0) is 13.9. The number of fused-ring (bicyclic) bond motifs is 1. The standard InChI is InChI=1S/C18H21NO/c1-3-14-6-4-5-7-17(14)19-13(2)15-8-9-18-16(12-15)10-11-20-18/h4-9,12-13,19H,3,10-11H2,1-2H3. The Hall–Kier alpha value is -1.96. The van der Waals surface area contributed by atoms with Gasteiger partial charge in [0.1, 0.15) is 5.75 Å². The molecule has 0 fully saturated rings. The summed E-state index contributed by atoms with van der Waals surface area (Å²) >= 11 is 0. The molecule has 0 aliphatic carbocycles. The molecule has 2 nitrogen and oxygen atoms in total. The number of aryl methyl sites for hydroxylation is 1. The molecule has 2 heteroatoms. The van der Waals surface area contributed by atoms with Gasteiger partial charge in [-0.3, -0.25) is 0 Å². The smallest absolute Gasteiger partial charge is 0.122 e. The first-order valence-electron chi connectivity index (χ1n) is 7.38. The molecule has 1 aliphatic heterocycles. The Morgan fingerprint density at radius 1 is 1.20 bits per heavy atom. The van der Waals surface area contributed by atoms with E-state index >= 15 is 0 Å². The SMILES string of the molecule is CCc1ccccc1NC(C)c1ccc2c(c1)CCO2.